The lowest BCUT2D eigenvalue weighted by atomic mass is 10.6. The molecular weight excluding hydrogens is 230 g/mol. The number of rotatable bonds is 5. The van der Waals surface area contributed by atoms with E-state index in [1.807, 2.05) is 0 Å². The number of hydrogen-bond acceptors (Lipinski definition) is 4. The first-order valence-corrected chi connectivity index (χ1v) is 6.14. The van der Waals surface area contributed by atoms with Crippen LogP contribution in [0.3, 0.4) is 0 Å². The zero-order valence-corrected chi connectivity index (χ0v) is 10.0. The Morgan fingerprint density at radius 1 is 1.69 bits per heavy atom. The first-order chi connectivity index (χ1) is 7.39. The van der Waals surface area contributed by atoms with Crippen molar-refractivity contribution < 1.29 is 8.42 Å². The molecule has 0 radical (unpaired) electrons. The van der Waals surface area contributed by atoms with Crippen molar-refractivity contribution in [3.8, 4) is 0 Å². The van der Waals surface area contributed by atoms with Gasteiger partial charge in [0.25, 0.3) is 10.0 Å². The van der Waals surface area contributed by atoms with E-state index in [1.54, 1.807) is 14.0 Å². The summed E-state index contributed by atoms with van der Waals surface area (Å²) in [5.41, 5.74) is 5.21. The van der Waals surface area contributed by atoms with Crippen LogP contribution in [0.2, 0.25) is 0 Å². The number of likely N-dealkylation sites (N-methyl/N-ethyl adjacent to an activating group) is 1. The summed E-state index contributed by atoms with van der Waals surface area (Å²) in [6.45, 7) is 1.84. The molecule has 16 heavy (non-hydrogen) atoms. The maximum Gasteiger partial charge on any atom is 0.260 e. The zero-order valence-electron chi connectivity index (χ0n) is 9.21. The van der Waals surface area contributed by atoms with Crippen LogP contribution in [0.5, 0.6) is 0 Å². The molecule has 0 atom stereocenters. The SMILES string of the molecule is CCN(CC(=N)N)S(=O)(=O)c1ccnn1C. The highest BCUT2D eigenvalue weighted by Crippen LogP contribution is 2.13. The number of sulfonamides is 1. The second kappa shape index (κ2) is 4.62. The Hall–Kier alpha value is -1.41. The maximum atomic E-state index is 12.1. The van der Waals surface area contributed by atoms with E-state index >= 15 is 0 Å². The van der Waals surface area contributed by atoms with Gasteiger partial charge in [-0.1, -0.05) is 6.92 Å². The molecule has 90 valence electrons. The van der Waals surface area contributed by atoms with Crippen molar-refractivity contribution in [3.05, 3.63) is 12.3 Å². The smallest absolute Gasteiger partial charge is 0.260 e. The Bertz CT molecular complexity index is 478. The third kappa shape index (κ3) is 2.39. The minimum absolute atomic E-state index is 0.0931. The molecule has 0 spiro atoms. The molecule has 7 nitrogen and oxygen atoms in total. The maximum absolute atomic E-state index is 12.1. The Balaban J connectivity index is 3.09. The van der Waals surface area contributed by atoms with Crippen LogP contribution in [-0.4, -0.2) is 41.4 Å². The topological polar surface area (TPSA) is 105 Å². The Morgan fingerprint density at radius 3 is 2.69 bits per heavy atom. The number of aryl methyl sites for hydroxylation is 1. The van der Waals surface area contributed by atoms with Crippen LogP contribution in [0.4, 0.5) is 0 Å². The van der Waals surface area contributed by atoms with Gasteiger partial charge in [-0.05, 0) is 6.07 Å². The zero-order chi connectivity index (χ0) is 12.3. The van der Waals surface area contributed by atoms with Crippen molar-refractivity contribution in [2.45, 2.75) is 11.9 Å². The molecule has 1 rings (SSSR count). The van der Waals surface area contributed by atoms with Crippen LogP contribution in [-0.2, 0) is 17.1 Å². The van der Waals surface area contributed by atoms with E-state index in [0.29, 0.717) is 0 Å². The number of nitrogens with two attached hydrogens (primary N) is 1. The van der Waals surface area contributed by atoms with Gasteiger partial charge in [0.15, 0.2) is 5.03 Å². The Labute approximate surface area is 94.4 Å². The molecule has 1 aromatic rings. The van der Waals surface area contributed by atoms with Gasteiger partial charge in [-0.2, -0.15) is 9.40 Å². The normalized spacial score (nSPS) is 11.9. The first-order valence-electron chi connectivity index (χ1n) is 4.70. The van der Waals surface area contributed by atoms with Crippen LogP contribution in [0.15, 0.2) is 17.3 Å². The molecule has 0 aliphatic heterocycles. The standard InChI is InChI=1S/C8H15N5O2S/c1-3-13(6-7(9)10)16(14,15)8-4-5-11-12(8)2/h4-5H,3,6H2,1-2H3,(H3,9,10). The van der Waals surface area contributed by atoms with Gasteiger partial charge in [-0.3, -0.25) is 10.1 Å². The van der Waals surface area contributed by atoms with E-state index < -0.39 is 10.0 Å². The molecular formula is C8H15N5O2S. The fraction of sp³-hybridized carbons (Fsp3) is 0.500. The average molecular weight is 245 g/mol. The molecule has 0 aromatic carbocycles. The number of aromatic nitrogens is 2. The van der Waals surface area contributed by atoms with Gasteiger partial charge in [0, 0.05) is 13.6 Å². The lowest BCUT2D eigenvalue weighted by molar-refractivity contribution is 0.456. The fourth-order valence-corrected chi connectivity index (χ4v) is 2.83. The van der Waals surface area contributed by atoms with E-state index in [-0.39, 0.29) is 24.0 Å². The molecule has 0 amide bonds. The van der Waals surface area contributed by atoms with Crippen molar-refractivity contribution in [3.63, 3.8) is 0 Å². The van der Waals surface area contributed by atoms with Crippen molar-refractivity contribution in [2.24, 2.45) is 12.8 Å². The molecule has 0 fully saturated rings. The first kappa shape index (κ1) is 12.7. The quantitative estimate of drug-likeness (QED) is 0.532. The van der Waals surface area contributed by atoms with Gasteiger partial charge >= 0.3 is 0 Å². The van der Waals surface area contributed by atoms with E-state index in [2.05, 4.69) is 5.10 Å². The predicted molar refractivity (Wildman–Crippen MR) is 59.6 cm³/mol. The third-order valence-electron chi connectivity index (χ3n) is 2.08. The highest BCUT2D eigenvalue weighted by atomic mass is 32.2. The summed E-state index contributed by atoms with van der Waals surface area (Å²) in [7, 11) is -2.07. The van der Waals surface area contributed by atoms with Crippen molar-refractivity contribution in [2.75, 3.05) is 13.1 Å². The molecule has 3 N–H and O–H groups in total. The van der Waals surface area contributed by atoms with Gasteiger partial charge in [-0.15, -0.1) is 0 Å². The van der Waals surface area contributed by atoms with E-state index in [1.165, 1.54) is 16.9 Å². The summed E-state index contributed by atoms with van der Waals surface area (Å²) in [4.78, 5) is 0. The summed E-state index contributed by atoms with van der Waals surface area (Å²) in [6.07, 6.45) is 1.41. The molecule has 0 saturated carbocycles. The molecule has 0 bridgehead atoms. The van der Waals surface area contributed by atoms with E-state index in [0.717, 1.165) is 4.31 Å². The second-order valence-corrected chi connectivity index (χ2v) is 5.13. The number of nitrogens with zero attached hydrogens (tertiary/aromatic N) is 3. The summed E-state index contributed by atoms with van der Waals surface area (Å²) in [5.74, 6) is -0.187. The molecule has 0 aliphatic rings. The van der Waals surface area contributed by atoms with Crippen molar-refractivity contribution in [1.29, 1.82) is 5.41 Å². The molecule has 8 heteroatoms. The van der Waals surface area contributed by atoms with Crippen LogP contribution >= 0.6 is 0 Å². The van der Waals surface area contributed by atoms with E-state index in [9.17, 15) is 8.42 Å². The Morgan fingerprint density at radius 2 is 2.31 bits per heavy atom. The third-order valence-corrected chi connectivity index (χ3v) is 4.08. The van der Waals surface area contributed by atoms with E-state index in [4.69, 9.17) is 11.1 Å². The molecule has 1 heterocycles. The van der Waals surface area contributed by atoms with Crippen LogP contribution in [0.25, 0.3) is 0 Å². The van der Waals surface area contributed by atoms with Crippen molar-refractivity contribution >= 4 is 15.9 Å². The monoisotopic (exact) mass is 245 g/mol. The lowest BCUT2D eigenvalue weighted by Gasteiger charge is -2.19. The number of nitrogens with one attached hydrogen (secondary N) is 1. The van der Waals surface area contributed by atoms with Gasteiger partial charge in [0.1, 0.15) is 5.84 Å². The van der Waals surface area contributed by atoms with Gasteiger partial charge < -0.3 is 5.73 Å². The minimum atomic E-state index is -3.62. The summed E-state index contributed by atoms with van der Waals surface area (Å²) >= 11 is 0. The fourth-order valence-electron chi connectivity index (χ4n) is 1.30. The van der Waals surface area contributed by atoms with Crippen LogP contribution < -0.4 is 5.73 Å². The lowest BCUT2D eigenvalue weighted by Crippen LogP contribution is -2.38. The van der Waals surface area contributed by atoms with Gasteiger partial charge in [-0.25, -0.2) is 8.42 Å². The molecule has 1 aromatic heterocycles. The highest BCUT2D eigenvalue weighted by Gasteiger charge is 2.26. The van der Waals surface area contributed by atoms with Gasteiger partial charge in [0.2, 0.25) is 0 Å². The second-order valence-electron chi connectivity index (χ2n) is 3.25. The van der Waals surface area contributed by atoms with Crippen LogP contribution in [0, 0.1) is 5.41 Å². The molecule has 0 aliphatic carbocycles. The number of hydrogen-bond donors (Lipinski definition) is 2. The minimum Gasteiger partial charge on any atom is -0.387 e. The highest BCUT2D eigenvalue weighted by molar-refractivity contribution is 7.89. The van der Waals surface area contributed by atoms with Crippen molar-refractivity contribution in [1.82, 2.24) is 14.1 Å². The molecule has 0 unspecified atom stereocenters. The largest absolute Gasteiger partial charge is 0.387 e. The number of amidine groups is 1. The van der Waals surface area contributed by atoms with Gasteiger partial charge in [0.05, 0.1) is 12.7 Å². The van der Waals surface area contributed by atoms with Crippen LogP contribution in [0.1, 0.15) is 6.92 Å². The predicted octanol–water partition coefficient (Wildman–Crippen LogP) is -0.633. The summed E-state index contributed by atoms with van der Waals surface area (Å²) in [6, 6.07) is 1.41. The summed E-state index contributed by atoms with van der Waals surface area (Å²) in [5, 5.41) is 11.0. The average Bonchev–Trinajstić information content (AvgIpc) is 2.60. The Kier molecular flexibility index (Phi) is 3.66. The summed E-state index contributed by atoms with van der Waals surface area (Å²) < 4.78 is 26.6. The molecule has 0 saturated heterocycles.